The first-order valence-corrected chi connectivity index (χ1v) is 9.49. The number of rotatable bonds is 4. The average Bonchev–Trinajstić information content (AvgIpc) is 3.17. The van der Waals surface area contributed by atoms with Gasteiger partial charge in [0.1, 0.15) is 5.69 Å². The second-order valence-corrected chi connectivity index (χ2v) is 7.26. The van der Waals surface area contributed by atoms with Crippen molar-refractivity contribution in [2.24, 2.45) is 0 Å². The molecule has 0 aliphatic heterocycles. The summed E-state index contributed by atoms with van der Waals surface area (Å²) in [6, 6.07) is 10.8. The molecule has 0 radical (unpaired) electrons. The highest BCUT2D eigenvalue weighted by atomic mass is 15.3. The number of aromatic nitrogens is 4. The molecule has 1 N–H and O–H groups in total. The predicted octanol–water partition coefficient (Wildman–Crippen LogP) is 5.71. The average molecular weight is 346 g/mol. The number of imidazole rings is 1. The van der Waals surface area contributed by atoms with Crippen LogP contribution in [0.4, 0.5) is 0 Å². The summed E-state index contributed by atoms with van der Waals surface area (Å²) in [4.78, 5) is 8.51. The Labute approximate surface area is 154 Å². The van der Waals surface area contributed by atoms with Crippen LogP contribution in [0.2, 0.25) is 0 Å². The molecule has 134 valence electrons. The maximum Gasteiger partial charge on any atom is 0.158 e. The zero-order valence-corrected chi connectivity index (χ0v) is 16.2. The number of H-pyrrole nitrogens is 1. The van der Waals surface area contributed by atoms with E-state index in [1.54, 1.807) is 0 Å². The summed E-state index contributed by atoms with van der Waals surface area (Å²) in [5.74, 6) is 0.513. The maximum atomic E-state index is 4.92. The SMILES string of the molecule is CCC(CC)c1cc(C)nn2c(-c3cc4cccc(C)c4[nH]3)c(C)nc12. The van der Waals surface area contributed by atoms with Gasteiger partial charge in [-0.25, -0.2) is 9.50 Å². The van der Waals surface area contributed by atoms with Gasteiger partial charge in [-0.1, -0.05) is 32.0 Å². The number of para-hydroxylation sites is 1. The number of nitrogens with zero attached hydrogens (tertiary/aromatic N) is 3. The lowest BCUT2D eigenvalue weighted by atomic mass is 9.95. The molecule has 0 saturated heterocycles. The second kappa shape index (κ2) is 6.27. The van der Waals surface area contributed by atoms with Crippen LogP contribution >= 0.6 is 0 Å². The molecular weight excluding hydrogens is 320 g/mol. The molecule has 3 aromatic heterocycles. The van der Waals surface area contributed by atoms with Crippen LogP contribution in [0.5, 0.6) is 0 Å². The first-order chi connectivity index (χ1) is 12.5. The van der Waals surface area contributed by atoms with Gasteiger partial charge in [-0.15, -0.1) is 0 Å². The molecule has 1 aromatic carbocycles. The van der Waals surface area contributed by atoms with Crippen LogP contribution < -0.4 is 0 Å². The topological polar surface area (TPSA) is 46.0 Å². The monoisotopic (exact) mass is 346 g/mol. The standard InChI is InChI=1S/C22H26N4/c1-6-16(7-2)18-11-14(4)25-26-21(15(5)23-22(18)26)19-12-17-10-8-9-13(3)20(17)24-19/h8-12,16,24H,6-7H2,1-5H3. The third-order valence-corrected chi connectivity index (χ3v) is 5.45. The van der Waals surface area contributed by atoms with Crippen LogP contribution in [0.25, 0.3) is 27.9 Å². The van der Waals surface area contributed by atoms with E-state index in [1.807, 2.05) is 4.52 Å². The molecule has 4 rings (SSSR count). The molecule has 4 heteroatoms. The zero-order valence-electron chi connectivity index (χ0n) is 16.2. The van der Waals surface area contributed by atoms with Gasteiger partial charge in [0.2, 0.25) is 0 Å². The van der Waals surface area contributed by atoms with Crippen molar-refractivity contribution in [2.45, 2.75) is 53.4 Å². The number of fused-ring (bicyclic) bond motifs is 2. The molecule has 26 heavy (non-hydrogen) atoms. The second-order valence-electron chi connectivity index (χ2n) is 7.26. The summed E-state index contributed by atoms with van der Waals surface area (Å²) in [5, 5.41) is 6.04. The van der Waals surface area contributed by atoms with Crippen LogP contribution in [0.1, 0.15) is 55.1 Å². The van der Waals surface area contributed by atoms with Crippen molar-refractivity contribution >= 4 is 16.6 Å². The number of hydrogen-bond acceptors (Lipinski definition) is 2. The Kier molecular flexibility index (Phi) is 4.06. The van der Waals surface area contributed by atoms with Crippen LogP contribution in [-0.4, -0.2) is 19.6 Å². The summed E-state index contributed by atoms with van der Waals surface area (Å²) < 4.78 is 2.04. The summed E-state index contributed by atoms with van der Waals surface area (Å²) in [6.07, 6.45) is 2.23. The predicted molar refractivity (Wildman–Crippen MR) is 108 cm³/mol. The fourth-order valence-electron chi connectivity index (χ4n) is 4.05. The lowest BCUT2D eigenvalue weighted by molar-refractivity contribution is 0.638. The first-order valence-electron chi connectivity index (χ1n) is 9.49. The number of aryl methyl sites for hydroxylation is 3. The Bertz CT molecular complexity index is 1100. The minimum atomic E-state index is 0.513. The lowest BCUT2D eigenvalue weighted by Crippen LogP contribution is -2.05. The van der Waals surface area contributed by atoms with Gasteiger partial charge in [0.05, 0.1) is 17.1 Å². The third kappa shape index (κ3) is 2.52. The van der Waals surface area contributed by atoms with E-state index in [-0.39, 0.29) is 0 Å². The molecule has 0 aliphatic carbocycles. The molecule has 4 nitrogen and oxygen atoms in total. The fourth-order valence-corrected chi connectivity index (χ4v) is 4.05. The quantitative estimate of drug-likeness (QED) is 0.515. The number of hydrogen-bond donors (Lipinski definition) is 1. The van der Waals surface area contributed by atoms with Crippen molar-refractivity contribution in [2.75, 3.05) is 0 Å². The van der Waals surface area contributed by atoms with Gasteiger partial charge in [0.25, 0.3) is 0 Å². The van der Waals surface area contributed by atoms with Gasteiger partial charge in [0, 0.05) is 16.5 Å². The van der Waals surface area contributed by atoms with Gasteiger partial charge in [0.15, 0.2) is 5.65 Å². The van der Waals surface area contributed by atoms with E-state index in [0.717, 1.165) is 41.3 Å². The van der Waals surface area contributed by atoms with E-state index in [0.29, 0.717) is 5.92 Å². The Morgan fingerprint density at radius 1 is 1.08 bits per heavy atom. The smallest absolute Gasteiger partial charge is 0.158 e. The summed E-state index contributed by atoms with van der Waals surface area (Å²) >= 11 is 0. The zero-order chi connectivity index (χ0) is 18.4. The number of aromatic amines is 1. The molecule has 0 atom stereocenters. The van der Waals surface area contributed by atoms with Crippen LogP contribution in [0, 0.1) is 20.8 Å². The summed E-state index contributed by atoms with van der Waals surface area (Å²) in [6.45, 7) is 10.8. The molecule has 0 unspecified atom stereocenters. The van der Waals surface area contributed by atoms with E-state index in [9.17, 15) is 0 Å². The van der Waals surface area contributed by atoms with E-state index >= 15 is 0 Å². The van der Waals surface area contributed by atoms with Gasteiger partial charge >= 0.3 is 0 Å². The summed E-state index contributed by atoms with van der Waals surface area (Å²) in [7, 11) is 0. The van der Waals surface area contributed by atoms with Gasteiger partial charge in [-0.3, -0.25) is 0 Å². The molecule has 0 fully saturated rings. The van der Waals surface area contributed by atoms with Crippen molar-refractivity contribution in [3.63, 3.8) is 0 Å². The Balaban J connectivity index is 2.01. The number of benzene rings is 1. The van der Waals surface area contributed by atoms with Gasteiger partial charge < -0.3 is 4.98 Å². The van der Waals surface area contributed by atoms with Gasteiger partial charge in [-0.05, 0) is 57.2 Å². The maximum absolute atomic E-state index is 4.92. The van der Waals surface area contributed by atoms with Crippen molar-refractivity contribution in [1.29, 1.82) is 0 Å². The van der Waals surface area contributed by atoms with Crippen LogP contribution in [0.15, 0.2) is 30.3 Å². The summed E-state index contributed by atoms with van der Waals surface area (Å²) in [5.41, 5.74) is 8.92. The van der Waals surface area contributed by atoms with E-state index in [4.69, 9.17) is 10.1 Å². The lowest BCUT2D eigenvalue weighted by Gasteiger charge is -2.14. The Hall–Kier alpha value is -2.62. The largest absolute Gasteiger partial charge is 0.353 e. The van der Waals surface area contributed by atoms with Gasteiger partial charge in [-0.2, -0.15) is 5.10 Å². The Morgan fingerprint density at radius 2 is 1.85 bits per heavy atom. The molecule has 0 amide bonds. The molecule has 4 aromatic rings. The fraction of sp³-hybridized carbons (Fsp3) is 0.364. The van der Waals surface area contributed by atoms with Crippen LogP contribution in [-0.2, 0) is 0 Å². The molecular formula is C22H26N4. The Morgan fingerprint density at radius 3 is 2.54 bits per heavy atom. The molecule has 0 bridgehead atoms. The van der Waals surface area contributed by atoms with Crippen molar-refractivity contribution in [3.8, 4) is 11.4 Å². The highest BCUT2D eigenvalue weighted by molar-refractivity contribution is 5.88. The highest BCUT2D eigenvalue weighted by Gasteiger charge is 2.20. The van der Waals surface area contributed by atoms with E-state index < -0.39 is 0 Å². The highest BCUT2D eigenvalue weighted by Crippen LogP contribution is 2.32. The molecule has 0 spiro atoms. The number of nitrogens with one attached hydrogen (secondary N) is 1. The van der Waals surface area contributed by atoms with Crippen molar-refractivity contribution in [3.05, 3.63) is 52.8 Å². The normalized spacial score (nSPS) is 11.9. The molecule has 0 aliphatic rings. The van der Waals surface area contributed by atoms with Crippen molar-refractivity contribution < 1.29 is 0 Å². The van der Waals surface area contributed by atoms with Crippen LogP contribution in [0.3, 0.4) is 0 Å². The van der Waals surface area contributed by atoms with E-state index in [2.05, 4.69) is 69.9 Å². The molecule has 3 heterocycles. The molecule has 0 saturated carbocycles. The third-order valence-electron chi connectivity index (χ3n) is 5.45. The van der Waals surface area contributed by atoms with E-state index in [1.165, 1.54) is 22.0 Å². The first kappa shape index (κ1) is 16.8. The van der Waals surface area contributed by atoms with Crippen molar-refractivity contribution in [1.82, 2.24) is 19.6 Å². The minimum Gasteiger partial charge on any atom is -0.353 e. The minimum absolute atomic E-state index is 0.513.